The Morgan fingerprint density at radius 3 is 2.41 bits per heavy atom. The van der Waals surface area contributed by atoms with Crippen molar-refractivity contribution in [3.63, 3.8) is 0 Å². The number of carbonyl (C=O) groups is 1. The molecule has 3 rings (SSSR count). The van der Waals surface area contributed by atoms with Gasteiger partial charge in [0.2, 0.25) is 0 Å². The van der Waals surface area contributed by atoms with Crippen molar-refractivity contribution >= 4 is 32.6 Å². The maximum atomic E-state index is 13.7. The smallest absolute Gasteiger partial charge is 0.260 e. The lowest BCUT2D eigenvalue weighted by molar-refractivity contribution is 0.0983. The van der Waals surface area contributed by atoms with Gasteiger partial charge in [-0.25, -0.2) is 4.98 Å². The van der Waals surface area contributed by atoms with E-state index in [4.69, 9.17) is 19.2 Å². The molecule has 1 heterocycles. The first kappa shape index (κ1) is 25.8. The lowest BCUT2D eigenvalue weighted by atomic mass is 10.2. The fraction of sp³-hybridized carbons (Fsp3) is 0.462. The number of carbonyl (C=O) groups excluding carboxylic acids is 1. The van der Waals surface area contributed by atoms with Gasteiger partial charge in [0.25, 0.3) is 5.91 Å². The fourth-order valence-electron chi connectivity index (χ4n) is 3.63. The van der Waals surface area contributed by atoms with Crippen LogP contribution in [0, 0.1) is 0 Å². The van der Waals surface area contributed by atoms with Crippen LogP contribution in [0.2, 0.25) is 0 Å². The van der Waals surface area contributed by atoms with Gasteiger partial charge in [0.1, 0.15) is 5.75 Å². The van der Waals surface area contributed by atoms with Crippen molar-refractivity contribution in [2.75, 3.05) is 51.9 Å². The van der Waals surface area contributed by atoms with Crippen LogP contribution < -0.4 is 19.1 Å². The van der Waals surface area contributed by atoms with E-state index in [0.29, 0.717) is 41.1 Å². The topological polar surface area (TPSA) is 64.1 Å². The quantitative estimate of drug-likeness (QED) is 0.299. The van der Waals surface area contributed by atoms with Crippen molar-refractivity contribution < 1.29 is 19.0 Å². The Morgan fingerprint density at radius 2 is 1.74 bits per heavy atom. The molecule has 7 nitrogen and oxygen atoms in total. The number of ether oxygens (including phenoxy) is 3. The summed E-state index contributed by atoms with van der Waals surface area (Å²) in [5.74, 6) is 1.88. The van der Waals surface area contributed by atoms with E-state index >= 15 is 0 Å². The molecule has 0 bridgehead atoms. The number of rotatable bonds is 13. The highest BCUT2D eigenvalue weighted by Crippen LogP contribution is 2.37. The van der Waals surface area contributed by atoms with E-state index < -0.39 is 0 Å². The molecule has 0 aliphatic heterocycles. The van der Waals surface area contributed by atoms with E-state index in [-0.39, 0.29) is 5.91 Å². The molecule has 1 amide bonds. The summed E-state index contributed by atoms with van der Waals surface area (Å²) in [6.07, 6.45) is 2.04. The summed E-state index contributed by atoms with van der Waals surface area (Å²) in [7, 11) is 3.22. The molecule has 2 aromatic carbocycles. The minimum atomic E-state index is -0.0916. The summed E-state index contributed by atoms with van der Waals surface area (Å²) in [6.45, 7) is 10.2. The van der Waals surface area contributed by atoms with Crippen molar-refractivity contribution in [1.82, 2.24) is 9.88 Å². The minimum Gasteiger partial charge on any atom is -0.494 e. The summed E-state index contributed by atoms with van der Waals surface area (Å²) in [5.41, 5.74) is 1.36. The average molecular weight is 486 g/mol. The van der Waals surface area contributed by atoms with Crippen molar-refractivity contribution in [1.29, 1.82) is 0 Å². The number of hydrogen-bond donors (Lipinski definition) is 0. The largest absolute Gasteiger partial charge is 0.494 e. The molecule has 0 N–H and O–H groups in total. The van der Waals surface area contributed by atoms with Crippen LogP contribution in [0.25, 0.3) is 10.2 Å². The zero-order valence-electron chi connectivity index (χ0n) is 20.8. The van der Waals surface area contributed by atoms with Gasteiger partial charge in [-0.1, -0.05) is 44.6 Å². The van der Waals surface area contributed by atoms with Crippen LogP contribution in [-0.2, 0) is 0 Å². The standard InChI is InChI=1S/C26H35N3O4S/c1-6-9-15-33-20-12-10-11-19(16-20)25(30)29(14-13-28(7-2)8-3)26-27-21-17-22(31-4)23(32-5)18-24(21)34-26/h10-12,16-18H,6-9,13-15H2,1-5H3. The summed E-state index contributed by atoms with van der Waals surface area (Å²) in [4.78, 5) is 22.6. The monoisotopic (exact) mass is 485 g/mol. The molecular weight excluding hydrogens is 450 g/mol. The first-order valence-corrected chi connectivity index (χ1v) is 12.7. The first-order valence-electron chi connectivity index (χ1n) is 11.8. The second-order valence-electron chi connectivity index (χ2n) is 7.88. The van der Waals surface area contributed by atoms with Crippen LogP contribution in [-0.4, -0.2) is 62.8 Å². The Kier molecular flexibility index (Phi) is 9.53. The molecule has 0 saturated carbocycles. The third-order valence-electron chi connectivity index (χ3n) is 5.74. The van der Waals surface area contributed by atoms with Crippen LogP contribution in [0.4, 0.5) is 5.13 Å². The summed E-state index contributed by atoms with van der Waals surface area (Å²) in [6, 6.07) is 11.2. The van der Waals surface area contributed by atoms with E-state index in [1.54, 1.807) is 19.1 Å². The van der Waals surface area contributed by atoms with E-state index in [0.717, 1.165) is 42.7 Å². The summed E-state index contributed by atoms with van der Waals surface area (Å²) in [5, 5.41) is 0.653. The number of methoxy groups -OCH3 is 2. The van der Waals surface area contributed by atoms with Crippen LogP contribution in [0.3, 0.4) is 0 Å². The highest BCUT2D eigenvalue weighted by Gasteiger charge is 2.23. The van der Waals surface area contributed by atoms with Gasteiger partial charge in [0, 0.05) is 30.8 Å². The van der Waals surface area contributed by atoms with E-state index in [9.17, 15) is 4.79 Å². The number of hydrogen-bond acceptors (Lipinski definition) is 7. The predicted molar refractivity (Wildman–Crippen MR) is 139 cm³/mol. The molecule has 0 aliphatic rings. The molecule has 184 valence electrons. The number of anilines is 1. The first-order chi connectivity index (χ1) is 16.5. The summed E-state index contributed by atoms with van der Waals surface area (Å²) >= 11 is 1.47. The van der Waals surface area contributed by atoms with Crippen LogP contribution >= 0.6 is 11.3 Å². The zero-order chi connectivity index (χ0) is 24.5. The van der Waals surface area contributed by atoms with Gasteiger partial charge in [-0.05, 0) is 37.7 Å². The van der Waals surface area contributed by atoms with Gasteiger partial charge < -0.3 is 19.1 Å². The minimum absolute atomic E-state index is 0.0916. The van der Waals surface area contributed by atoms with Crippen molar-refractivity contribution in [2.24, 2.45) is 0 Å². The molecule has 0 spiro atoms. The van der Waals surface area contributed by atoms with E-state index in [2.05, 4.69) is 25.7 Å². The lowest BCUT2D eigenvalue weighted by Gasteiger charge is -2.25. The molecule has 34 heavy (non-hydrogen) atoms. The maximum absolute atomic E-state index is 13.7. The molecule has 0 radical (unpaired) electrons. The SMILES string of the molecule is CCCCOc1cccc(C(=O)N(CCN(CC)CC)c2nc3cc(OC)c(OC)cc3s2)c1. The molecule has 0 atom stereocenters. The predicted octanol–water partition coefficient (Wildman–Crippen LogP) is 5.48. The van der Waals surface area contributed by atoms with Crippen molar-refractivity contribution in [3.05, 3.63) is 42.0 Å². The normalized spacial score (nSPS) is 11.1. The molecule has 1 aromatic heterocycles. The second-order valence-corrected chi connectivity index (χ2v) is 8.89. The highest BCUT2D eigenvalue weighted by molar-refractivity contribution is 7.22. The van der Waals surface area contributed by atoms with Gasteiger partial charge in [0.15, 0.2) is 16.6 Å². The summed E-state index contributed by atoms with van der Waals surface area (Å²) < 4.78 is 17.6. The van der Waals surface area contributed by atoms with Gasteiger partial charge in [-0.3, -0.25) is 9.69 Å². The molecule has 0 fully saturated rings. The van der Waals surface area contributed by atoms with Crippen LogP contribution in [0.15, 0.2) is 36.4 Å². The molecule has 0 unspecified atom stereocenters. The Hall–Kier alpha value is -2.84. The van der Waals surface area contributed by atoms with Gasteiger partial charge in [-0.15, -0.1) is 0 Å². The number of benzene rings is 2. The van der Waals surface area contributed by atoms with Gasteiger partial charge >= 0.3 is 0 Å². The Morgan fingerprint density at radius 1 is 1.00 bits per heavy atom. The highest BCUT2D eigenvalue weighted by atomic mass is 32.1. The van der Waals surface area contributed by atoms with Crippen LogP contribution in [0.1, 0.15) is 44.0 Å². The van der Waals surface area contributed by atoms with Crippen molar-refractivity contribution in [2.45, 2.75) is 33.6 Å². The number of thiazole rings is 1. The fourth-order valence-corrected chi connectivity index (χ4v) is 4.63. The van der Waals surface area contributed by atoms with Crippen molar-refractivity contribution in [3.8, 4) is 17.2 Å². The number of fused-ring (bicyclic) bond motifs is 1. The molecule has 0 aliphatic carbocycles. The number of amides is 1. The second kappa shape index (κ2) is 12.6. The molecule has 0 saturated heterocycles. The third kappa shape index (κ3) is 6.18. The molecule has 8 heteroatoms. The third-order valence-corrected chi connectivity index (χ3v) is 6.78. The van der Waals surface area contributed by atoms with E-state index in [1.165, 1.54) is 11.3 Å². The Bertz CT molecular complexity index is 1040. The number of likely N-dealkylation sites (N-methyl/N-ethyl adjacent to an activating group) is 1. The number of aromatic nitrogens is 1. The zero-order valence-corrected chi connectivity index (χ0v) is 21.6. The van der Waals surface area contributed by atoms with Crippen LogP contribution in [0.5, 0.6) is 17.2 Å². The molecular formula is C26H35N3O4S. The number of nitrogens with zero attached hydrogens (tertiary/aromatic N) is 3. The maximum Gasteiger partial charge on any atom is 0.260 e. The van der Waals surface area contributed by atoms with Gasteiger partial charge in [-0.2, -0.15) is 0 Å². The molecule has 3 aromatic rings. The Balaban J connectivity index is 1.95. The Labute approximate surface area is 206 Å². The van der Waals surface area contributed by atoms with Gasteiger partial charge in [0.05, 0.1) is 31.0 Å². The lowest BCUT2D eigenvalue weighted by Crippen LogP contribution is -2.38. The average Bonchev–Trinajstić information content (AvgIpc) is 3.28. The van der Waals surface area contributed by atoms with E-state index in [1.807, 2.05) is 36.4 Å². The number of unbranched alkanes of at least 4 members (excludes halogenated alkanes) is 1.